The van der Waals surface area contributed by atoms with Crippen LogP contribution in [0.4, 0.5) is 11.4 Å². The summed E-state index contributed by atoms with van der Waals surface area (Å²) < 4.78 is 3.80. The van der Waals surface area contributed by atoms with Crippen molar-refractivity contribution in [1.29, 1.82) is 0 Å². The predicted molar refractivity (Wildman–Crippen MR) is 93.4 cm³/mol. The number of nitrogens with zero attached hydrogens (tertiary/aromatic N) is 2. The van der Waals surface area contributed by atoms with E-state index in [0.29, 0.717) is 11.4 Å². The summed E-state index contributed by atoms with van der Waals surface area (Å²) in [4.78, 5) is 12.3. The number of anilines is 2. The number of nitrogens with two attached hydrogens (primary N) is 1. The lowest BCUT2D eigenvalue weighted by molar-refractivity contribution is 0.101. The maximum Gasteiger partial charge on any atom is 0.272 e. The summed E-state index contributed by atoms with van der Waals surface area (Å²) in [5.41, 5.74) is 11.1. The molecule has 3 N–H and O–H groups in total. The van der Waals surface area contributed by atoms with Crippen molar-refractivity contribution in [1.82, 2.24) is 9.13 Å². The van der Waals surface area contributed by atoms with Gasteiger partial charge >= 0.3 is 0 Å². The molecule has 0 aliphatic heterocycles. The van der Waals surface area contributed by atoms with Gasteiger partial charge in [-0.2, -0.15) is 0 Å². The van der Waals surface area contributed by atoms with Gasteiger partial charge in [0.25, 0.3) is 5.91 Å². The van der Waals surface area contributed by atoms with Crippen molar-refractivity contribution in [3.05, 3.63) is 60.2 Å². The predicted octanol–water partition coefficient (Wildman–Crippen LogP) is 3.17. The Morgan fingerprint density at radius 2 is 1.70 bits per heavy atom. The van der Waals surface area contributed by atoms with E-state index in [1.54, 1.807) is 23.9 Å². The first-order chi connectivity index (χ1) is 10.9. The third kappa shape index (κ3) is 2.99. The maximum absolute atomic E-state index is 12.3. The zero-order valence-corrected chi connectivity index (χ0v) is 13.5. The molecule has 0 atom stereocenters. The van der Waals surface area contributed by atoms with Crippen LogP contribution >= 0.6 is 0 Å². The summed E-state index contributed by atoms with van der Waals surface area (Å²) in [6, 6.07) is 11.6. The Morgan fingerprint density at radius 3 is 2.22 bits per heavy atom. The van der Waals surface area contributed by atoms with Gasteiger partial charge in [-0.15, -0.1) is 0 Å². The standard InChI is InChI=1S/C18H20N4O/c1-12-8-14(10-21(12)2)13-4-6-16(7-5-13)20-18(23)17-9-15(19)11-22(17)3/h4-11H,19H2,1-3H3,(H,20,23). The van der Waals surface area contributed by atoms with Gasteiger partial charge < -0.3 is 20.2 Å². The SMILES string of the molecule is Cc1cc(-c2ccc(NC(=O)c3cc(N)cn3C)cc2)cn1C. The van der Waals surface area contributed by atoms with Crippen LogP contribution in [0.25, 0.3) is 11.1 Å². The lowest BCUT2D eigenvalue weighted by Gasteiger charge is -2.07. The van der Waals surface area contributed by atoms with Gasteiger partial charge in [-0.05, 0) is 42.3 Å². The molecule has 0 unspecified atom stereocenters. The fourth-order valence-electron chi connectivity index (χ4n) is 2.59. The van der Waals surface area contributed by atoms with Crippen LogP contribution in [0.1, 0.15) is 16.2 Å². The number of rotatable bonds is 3. The summed E-state index contributed by atoms with van der Waals surface area (Å²) in [6.07, 6.45) is 3.81. The van der Waals surface area contributed by atoms with E-state index in [-0.39, 0.29) is 5.91 Å². The minimum Gasteiger partial charge on any atom is -0.397 e. The van der Waals surface area contributed by atoms with Crippen LogP contribution in [0.2, 0.25) is 0 Å². The molecule has 1 amide bonds. The minimum atomic E-state index is -0.174. The highest BCUT2D eigenvalue weighted by molar-refractivity contribution is 6.03. The van der Waals surface area contributed by atoms with Gasteiger partial charge in [-0.25, -0.2) is 0 Å². The van der Waals surface area contributed by atoms with E-state index < -0.39 is 0 Å². The van der Waals surface area contributed by atoms with Crippen LogP contribution in [-0.4, -0.2) is 15.0 Å². The Kier molecular flexibility index (Phi) is 3.70. The molecule has 0 saturated heterocycles. The van der Waals surface area contributed by atoms with Crippen molar-refractivity contribution >= 4 is 17.3 Å². The minimum absolute atomic E-state index is 0.174. The van der Waals surface area contributed by atoms with Gasteiger partial charge in [0.1, 0.15) is 5.69 Å². The summed E-state index contributed by atoms with van der Waals surface area (Å²) in [6.45, 7) is 2.07. The van der Waals surface area contributed by atoms with E-state index in [0.717, 1.165) is 16.8 Å². The highest BCUT2D eigenvalue weighted by Gasteiger charge is 2.11. The maximum atomic E-state index is 12.3. The number of amides is 1. The molecule has 0 fully saturated rings. The Labute approximate surface area is 135 Å². The number of hydrogen-bond acceptors (Lipinski definition) is 2. The number of aromatic nitrogens is 2. The quantitative estimate of drug-likeness (QED) is 0.780. The molecule has 3 aromatic rings. The molecule has 0 saturated carbocycles. The van der Waals surface area contributed by atoms with Crippen LogP contribution in [-0.2, 0) is 14.1 Å². The highest BCUT2D eigenvalue weighted by atomic mass is 16.1. The highest BCUT2D eigenvalue weighted by Crippen LogP contribution is 2.23. The first kappa shape index (κ1) is 15.0. The molecule has 0 aliphatic carbocycles. The molecule has 0 spiro atoms. The number of carbonyl (C=O) groups excluding carboxylic acids is 1. The molecule has 2 aromatic heterocycles. The second-order valence-electron chi connectivity index (χ2n) is 5.78. The van der Waals surface area contributed by atoms with Gasteiger partial charge in [0.05, 0.1) is 5.69 Å². The molecule has 118 valence electrons. The zero-order valence-electron chi connectivity index (χ0n) is 13.5. The molecule has 0 radical (unpaired) electrons. The molecule has 3 rings (SSSR count). The smallest absolute Gasteiger partial charge is 0.272 e. The molecule has 2 heterocycles. The van der Waals surface area contributed by atoms with Crippen LogP contribution in [0.3, 0.4) is 0 Å². The average molecular weight is 308 g/mol. The first-order valence-corrected chi connectivity index (χ1v) is 7.40. The fourth-order valence-corrected chi connectivity index (χ4v) is 2.59. The van der Waals surface area contributed by atoms with Crippen LogP contribution < -0.4 is 11.1 Å². The summed E-state index contributed by atoms with van der Waals surface area (Å²) >= 11 is 0. The van der Waals surface area contributed by atoms with Gasteiger partial charge in [-0.1, -0.05) is 12.1 Å². The molecule has 0 aliphatic rings. The van der Waals surface area contributed by atoms with E-state index in [1.165, 1.54) is 5.69 Å². The van der Waals surface area contributed by atoms with Gasteiger partial charge in [0.2, 0.25) is 0 Å². The third-order valence-corrected chi connectivity index (χ3v) is 3.99. The van der Waals surface area contributed by atoms with Gasteiger partial charge in [0, 0.05) is 37.9 Å². The Balaban J connectivity index is 1.77. The fraction of sp³-hybridized carbons (Fsp3) is 0.167. The summed E-state index contributed by atoms with van der Waals surface area (Å²) in [5, 5.41) is 2.89. The second-order valence-corrected chi connectivity index (χ2v) is 5.78. The lowest BCUT2D eigenvalue weighted by atomic mass is 10.1. The first-order valence-electron chi connectivity index (χ1n) is 7.40. The van der Waals surface area contributed by atoms with Crippen molar-refractivity contribution < 1.29 is 4.79 Å². The van der Waals surface area contributed by atoms with E-state index in [1.807, 2.05) is 31.3 Å². The monoisotopic (exact) mass is 308 g/mol. The van der Waals surface area contributed by atoms with Crippen molar-refractivity contribution in [3.63, 3.8) is 0 Å². The van der Waals surface area contributed by atoms with Crippen molar-refractivity contribution in [2.45, 2.75) is 6.92 Å². The molecule has 5 heteroatoms. The van der Waals surface area contributed by atoms with E-state index >= 15 is 0 Å². The normalized spacial score (nSPS) is 10.7. The molecule has 1 aromatic carbocycles. The van der Waals surface area contributed by atoms with Crippen LogP contribution in [0.15, 0.2) is 48.8 Å². The van der Waals surface area contributed by atoms with Crippen molar-refractivity contribution in [2.75, 3.05) is 11.1 Å². The van der Waals surface area contributed by atoms with Crippen molar-refractivity contribution in [2.24, 2.45) is 14.1 Å². The van der Waals surface area contributed by atoms with E-state index in [9.17, 15) is 4.79 Å². The number of nitrogen functional groups attached to an aromatic ring is 1. The van der Waals surface area contributed by atoms with Crippen molar-refractivity contribution in [3.8, 4) is 11.1 Å². The topological polar surface area (TPSA) is 65.0 Å². The summed E-state index contributed by atoms with van der Waals surface area (Å²) in [7, 11) is 3.82. The number of hydrogen-bond donors (Lipinski definition) is 2. The number of benzene rings is 1. The van der Waals surface area contributed by atoms with Gasteiger partial charge in [-0.3, -0.25) is 4.79 Å². The Morgan fingerprint density at radius 1 is 1.00 bits per heavy atom. The molecule has 5 nitrogen and oxygen atoms in total. The zero-order chi connectivity index (χ0) is 16.6. The number of carbonyl (C=O) groups is 1. The van der Waals surface area contributed by atoms with E-state index in [4.69, 9.17) is 5.73 Å². The summed E-state index contributed by atoms with van der Waals surface area (Å²) in [5.74, 6) is -0.174. The Hall–Kier alpha value is -2.95. The van der Waals surface area contributed by atoms with Gasteiger partial charge in [0.15, 0.2) is 0 Å². The molecular weight excluding hydrogens is 288 g/mol. The lowest BCUT2D eigenvalue weighted by Crippen LogP contribution is -2.15. The number of aryl methyl sites for hydroxylation is 3. The van der Waals surface area contributed by atoms with Crippen LogP contribution in [0, 0.1) is 6.92 Å². The van der Waals surface area contributed by atoms with Crippen LogP contribution in [0.5, 0.6) is 0 Å². The molecule has 23 heavy (non-hydrogen) atoms. The number of nitrogens with one attached hydrogen (secondary N) is 1. The Bertz CT molecular complexity index is 836. The molecule has 0 bridgehead atoms. The third-order valence-electron chi connectivity index (χ3n) is 3.99. The second kappa shape index (κ2) is 5.68. The van der Waals surface area contributed by atoms with E-state index in [2.05, 4.69) is 29.1 Å². The largest absolute Gasteiger partial charge is 0.397 e. The average Bonchev–Trinajstić information content (AvgIpc) is 3.02. The molecular formula is C18H20N4O.